The largest absolute Gasteiger partial charge is 0.395 e. The molecule has 17 heavy (non-hydrogen) atoms. The van der Waals surface area contributed by atoms with Gasteiger partial charge in [0.15, 0.2) is 0 Å². The van der Waals surface area contributed by atoms with Gasteiger partial charge < -0.3 is 15.3 Å². The van der Waals surface area contributed by atoms with Gasteiger partial charge in [-0.15, -0.1) is 0 Å². The lowest BCUT2D eigenvalue weighted by Gasteiger charge is -2.27. The van der Waals surface area contributed by atoms with E-state index >= 15 is 0 Å². The predicted molar refractivity (Wildman–Crippen MR) is 71.6 cm³/mol. The number of hydrogen-bond donors (Lipinski definition) is 2. The van der Waals surface area contributed by atoms with Crippen LogP contribution in [0.25, 0.3) is 0 Å². The van der Waals surface area contributed by atoms with Crippen molar-refractivity contribution in [2.45, 2.75) is 26.3 Å². The molecule has 1 aromatic carbocycles. The maximum absolute atomic E-state index is 9.30. The van der Waals surface area contributed by atoms with Crippen molar-refractivity contribution in [3.63, 3.8) is 0 Å². The minimum Gasteiger partial charge on any atom is -0.395 e. The SMILES string of the molecule is Cc1ccc(N2CCCNC(CO)C2)c(C)c1. The van der Waals surface area contributed by atoms with Gasteiger partial charge in [0.25, 0.3) is 0 Å². The van der Waals surface area contributed by atoms with Crippen molar-refractivity contribution in [3.05, 3.63) is 29.3 Å². The van der Waals surface area contributed by atoms with E-state index in [0.717, 1.165) is 26.1 Å². The first kappa shape index (κ1) is 12.4. The third-order valence-electron chi connectivity index (χ3n) is 3.39. The van der Waals surface area contributed by atoms with E-state index in [-0.39, 0.29) is 12.6 Å². The zero-order chi connectivity index (χ0) is 12.3. The highest BCUT2D eigenvalue weighted by molar-refractivity contribution is 5.54. The predicted octanol–water partition coefficient (Wildman–Crippen LogP) is 1.46. The van der Waals surface area contributed by atoms with Crippen molar-refractivity contribution < 1.29 is 5.11 Å². The highest BCUT2D eigenvalue weighted by atomic mass is 16.3. The van der Waals surface area contributed by atoms with Crippen LogP contribution in [0.4, 0.5) is 5.69 Å². The molecule has 3 heteroatoms. The molecular formula is C14H22N2O. The van der Waals surface area contributed by atoms with Crippen LogP contribution in [0, 0.1) is 13.8 Å². The molecule has 1 saturated heterocycles. The normalized spacial score (nSPS) is 21.4. The highest BCUT2D eigenvalue weighted by Crippen LogP contribution is 2.22. The third-order valence-corrected chi connectivity index (χ3v) is 3.39. The topological polar surface area (TPSA) is 35.5 Å². The zero-order valence-electron chi connectivity index (χ0n) is 10.7. The number of benzene rings is 1. The Labute approximate surface area is 103 Å². The van der Waals surface area contributed by atoms with Gasteiger partial charge in [-0.2, -0.15) is 0 Å². The fraction of sp³-hybridized carbons (Fsp3) is 0.571. The molecule has 94 valence electrons. The molecule has 0 spiro atoms. The summed E-state index contributed by atoms with van der Waals surface area (Å²) in [4.78, 5) is 2.38. The molecule has 0 radical (unpaired) electrons. The summed E-state index contributed by atoms with van der Waals surface area (Å²) >= 11 is 0. The number of anilines is 1. The van der Waals surface area contributed by atoms with Crippen molar-refractivity contribution in [3.8, 4) is 0 Å². The first-order chi connectivity index (χ1) is 8.20. The monoisotopic (exact) mass is 234 g/mol. The molecule has 1 aromatic rings. The second-order valence-corrected chi connectivity index (χ2v) is 4.92. The first-order valence-electron chi connectivity index (χ1n) is 6.37. The van der Waals surface area contributed by atoms with E-state index in [1.807, 2.05) is 0 Å². The Kier molecular flexibility index (Phi) is 4.02. The molecule has 2 N–H and O–H groups in total. The van der Waals surface area contributed by atoms with E-state index in [4.69, 9.17) is 0 Å². The fourth-order valence-electron chi connectivity index (χ4n) is 2.50. The maximum atomic E-state index is 9.30. The van der Waals surface area contributed by atoms with Crippen LogP contribution >= 0.6 is 0 Å². The molecule has 1 aliphatic rings. The molecule has 0 amide bonds. The number of nitrogens with zero attached hydrogens (tertiary/aromatic N) is 1. The Balaban J connectivity index is 2.19. The minimum atomic E-state index is 0.193. The Bertz CT molecular complexity index is 378. The lowest BCUT2D eigenvalue weighted by Crippen LogP contribution is -2.40. The molecule has 1 fully saturated rings. The lowest BCUT2D eigenvalue weighted by molar-refractivity contribution is 0.248. The first-order valence-corrected chi connectivity index (χ1v) is 6.37. The van der Waals surface area contributed by atoms with Crippen molar-refractivity contribution in [1.82, 2.24) is 5.32 Å². The molecule has 1 aliphatic heterocycles. The van der Waals surface area contributed by atoms with Crippen LogP contribution in [-0.4, -0.2) is 37.4 Å². The van der Waals surface area contributed by atoms with E-state index in [1.54, 1.807) is 0 Å². The Morgan fingerprint density at radius 2 is 2.24 bits per heavy atom. The van der Waals surface area contributed by atoms with E-state index < -0.39 is 0 Å². The van der Waals surface area contributed by atoms with Gasteiger partial charge in [0.2, 0.25) is 0 Å². The Morgan fingerprint density at radius 1 is 1.41 bits per heavy atom. The van der Waals surface area contributed by atoms with Crippen LogP contribution in [0.15, 0.2) is 18.2 Å². The molecule has 0 bridgehead atoms. The lowest BCUT2D eigenvalue weighted by atomic mass is 10.1. The number of nitrogens with one attached hydrogen (secondary N) is 1. The summed E-state index contributed by atoms with van der Waals surface area (Å²) in [6, 6.07) is 6.78. The molecule has 1 unspecified atom stereocenters. The number of aliphatic hydroxyl groups excluding tert-OH is 1. The van der Waals surface area contributed by atoms with Gasteiger partial charge in [0.1, 0.15) is 0 Å². The summed E-state index contributed by atoms with van der Waals surface area (Å²) in [6.07, 6.45) is 1.13. The van der Waals surface area contributed by atoms with Gasteiger partial charge in [-0.3, -0.25) is 0 Å². The summed E-state index contributed by atoms with van der Waals surface area (Å²) in [6.45, 7) is 7.44. The highest BCUT2D eigenvalue weighted by Gasteiger charge is 2.18. The van der Waals surface area contributed by atoms with Crippen molar-refractivity contribution in [2.24, 2.45) is 0 Å². The molecule has 2 rings (SSSR count). The average molecular weight is 234 g/mol. The van der Waals surface area contributed by atoms with E-state index in [1.165, 1.54) is 16.8 Å². The van der Waals surface area contributed by atoms with Crippen LogP contribution in [0.1, 0.15) is 17.5 Å². The van der Waals surface area contributed by atoms with Gasteiger partial charge >= 0.3 is 0 Å². The summed E-state index contributed by atoms with van der Waals surface area (Å²) in [7, 11) is 0. The summed E-state index contributed by atoms with van der Waals surface area (Å²) in [5.41, 5.74) is 3.93. The number of rotatable bonds is 2. The molecule has 0 aromatic heterocycles. The average Bonchev–Trinajstić information content (AvgIpc) is 2.54. The second-order valence-electron chi connectivity index (χ2n) is 4.92. The molecule has 1 heterocycles. The Morgan fingerprint density at radius 3 is 2.94 bits per heavy atom. The summed E-state index contributed by atoms with van der Waals surface area (Å²) in [5, 5.41) is 12.7. The van der Waals surface area contributed by atoms with Gasteiger partial charge in [-0.1, -0.05) is 17.7 Å². The standard InChI is InChI=1S/C14H22N2O/c1-11-4-5-14(12(2)8-11)16-7-3-6-15-13(9-16)10-17/h4-5,8,13,15,17H,3,6-7,9-10H2,1-2H3. The smallest absolute Gasteiger partial charge is 0.0601 e. The number of aryl methyl sites for hydroxylation is 2. The Hall–Kier alpha value is -1.06. The van der Waals surface area contributed by atoms with Gasteiger partial charge in [0.05, 0.1) is 6.61 Å². The molecule has 3 nitrogen and oxygen atoms in total. The fourth-order valence-corrected chi connectivity index (χ4v) is 2.50. The van der Waals surface area contributed by atoms with Crippen molar-refractivity contribution in [2.75, 3.05) is 31.1 Å². The summed E-state index contributed by atoms with van der Waals surface area (Å²) in [5.74, 6) is 0. The van der Waals surface area contributed by atoms with Gasteiger partial charge in [-0.25, -0.2) is 0 Å². The molecule has 0 saturated carbocycles. The third kappa shape index (κ3) is 2.99. The quantitative estimate of drug-likeness (QED) is 0.813. The van der Waals surface area contributed by atoms with E-state index in [2.05, 4.69) is 42.3 Å². The minimum absolute atomic E-state index is 0.193. The summed E-state index contributed by atoms with van der Waals surface area (Å²) < 4.78 is 0. The molecule has 0 aliphatic carbocycles. The van der Waals surface area contributed by atoms with Crippen LogP contribution in [-0.2, 0) is 0 Å². The van der Waals surface area contributed by atoms with Gasteiger partial charge in [-0.05, 0) is 38.4 Å². The number of aliphatic hydroxyl groups is 1. The van der Waals surface area contributed by atoms with E-state index in [0.29, 0.717) is 0 Å². The second kappa shape index (κ2) is 5.52. The van der Waals surface area contributed by atoms with Gasteiger partial charge in [0, 0.05) is 24.8 Å². The zero-order valence-corrected chi connectivity index (χ0v) is 10.7. The van der Waals surface area contributed by atoms with Crippen LogP contribution in [0.5, 0.6) is 0 Å². The molecule has 1 atom stereocenters. The number of hydrogen-bond acceptors (Lipinski definition) is 3. The van der Waals surface area contributed by atoms with E-state index in [9.17, 15) is 5.11 Å². The van der Waals surface area contributed by atoms with Crippen LogP contribution < -0.4 is 10.2 Å². The van der Waals surface area contributed by atoms with Crippen molar-refractivity contribution in [1.29, 1.82) is 0 Å². The maximum Gasteiger partial charge on any atom is 0.0601 e. The van der Waals surface area contributed by atoms with Crippen LogP contribution in [0.2, 0.25) is 0 Å². The molecular weight excluding hydrogens is 212 g/mol. The van der Waals surface area contributed by atoms with Crippen molar-refractivity contribution >= 4 is 5.69 Å². The van der Waals surface area contributed by atoms with Crippen LogP contribution in [0.3, 0.4) is 0 Å².